The second-order valence-corrected chi connectivity index (χ2v) is 6.64. The Bertz CT molecular complexity index is 910. The highest BCUT2D eigenvalue weighted by atomic mass is 32.1. The van der Waals surface area contributed by atoms with E-state index in [1.165, 1.54) is 23.5 Å². The first-order valence-electron chi connectivity index (χ1n) is 8.09. The van der Waals surface area contributed by atoms with E-state index in [4.69, 9.17) is 0 Å². The van der Waals surface area contributed by atoms with Crippen molar-refractivity contribution in [2.45, 2.75) is 12.7 Å². The summed E-state index contributed by atoms with van der Waals surface area (Å²) < 4.78 is 38.1. The number of amides is 1. The quantitative estimate of drug-likeness (QED) is 0.648. The van der Waals surface area contributed by atoms with E-state index in [2.05, 4.69) is 15.6 Å². The van der Waals surface area contributed by atoms with Gasteiger partial charge in [0.05, 0.1) is 24.3 Å². The number of aromatic nitrogens is 1. The van der Waals surface area contributed by atoms with Gasteiger partial charge in [-0.25, -0.2) is 4.98 Å². The molecule has 0 radical (unpaired) electrons. The van der Waals surface area contributed by atoms with Gasteiger partial charge in [-0.1, -0.05) is 36.4 Å². The SMILES string of the molecule is O=C(CNc1cccc(C(F)(F)F)c1)NCc1nc(-c2ccccc2)cs1. The van der Waals surface area contributed by atoms with Crippen LogP contribution in [0.1, 0.15) is 10.6 Å². The minimum Gasteiger partial charge on any atom is -0.376 e. The number of halogens is 3. The molecule has 0 atom stereocenters. The first-order valence-corrected chi connectivity index (χ1v) is 8.97. The van der Waals surface area contributed by atoms with Gasteiger partial charge in [-0.3, -0.25) is 4.79 Å². The fourth-order valence-corrected chi connectivity index (χ4v) is 3.10. The molecule has 0 bridgehead atoms. The maximum absolute atomic E-state index is 12.7. The molecule has 1 amide bonds. The van der Waals surface area contributed by atoms with Crippen molar-refractivity contribution in [2.75, 3.05) is 11.9 Å². The van der Waals surface area contributed by atoms with Crippen LogP contribution >= 0.6 is 11.3 Å². The number of hydrogen-bond donors (Lipinski definition) is 2. The van der Waals surface area contributed by atoms with Gasteiger partial charge in [0.15, 0.2) is 0 Å². The summed E-state index contributed by atoms with van der Waals surface area (Å²) in [4.78, 5) is 16.4. The second kappa shape index (κ2) is 8.22. The molecular formula is C19H16F3N3OS. The van der Waals surface area contributed by atoms with E-state index >= 15 is 0 Å². The predicted octanol–water partition coefficient (Wildman–Crippen LogP) is 4.56. The third-order valence-corrected chi connectivity index (χ3v) is 4.55. The lowest BCUT2D eigenvalue weighted by atomic mass is 10.2. The Morgan fingerprint density at radius 3 is 2.59 bits per heavy atom. The number of carbonyl (C=O) groups is 1. The van der Waals surface area contributed by atoms with Gasteiger partial charge in [-0.2, -0.15) is 13.2 Å². The molecular weight excluding hydrogens is 375 g/mol. The Morgan fingerprint density at radius 1 is 1.07 bits per heavy atom. The summed E-state index contributed by atoms with van der Waals surface area (Å²) in [6.45, 7) is 0.138. The second-order valence-electron chi connectivity index (χ2n) is 5.70. The van der Waals surface area contributed by atoms with Gasteiger partial charge in [-0.15, -0.1) is 11.3 Å². The van der Waals surface area contributed by atoms with Gasteiger partial charge in [0, 0.05) is 16.6 Å². The van der Waals surface area contributed by atoms with Crippen molar-refractivity contribution >= 4 is 22.9 Å². The van der Waals surface area contributed by atoms with Crippen molar-refractivity contribution in [3.8, 4) is 11.3 Å². The van der Waals surface area contributed by atoms with E-state index in [0.717, 1.165) is 28.4 Å². The number of nitrogens with zero attached hydrogens (tertiary/aromatic N) is 1. The molecule has 1 aromatic heterocycles. The number of benzene rings is 2. The summed E-state index contributed by atoms with van der Waals surface area (Å²) in [6, 6.07) is 14.4. The van der Waals surface area contributed by atoms with Crippen LogP contribution in [-0.4, -0.2) is 17.4 Å². The zero-order valence-corrected chi connectivity index (χ0v) is 14.9. The number of anilines is 1. The van der Waals surface area contributed by atoms with Crippen LogP contribution in [0.25, 0.3) is 11.3 Å². The molecule has 2 aromatic carbocycles. The Hall–Kier alpha value is -2.87. The molecule has 3 aromatic rings. The first kappa shape index (κ1) is 18.9. The molecule has 8 heteroatoms. The summed E-state index contributed by atoms with van der Waals surface area (Å²) in [5.74, 6) is -0.330. The molecule has 0 aliphatic rings. The number of hydrogen-bond acceptors (Lipinski definition) is 4. The Labute approximate surface area is 158 Å². The van der Waals surface area contributed by atoms with Crippen molar-refractivity contribution in [2.24, 2.45) is 0 Å². The molecule has 0 unspecified atom stereocenters. The van der Waals surface area contributed by atoms with Crippen molar-refractivity contribution in [1.29, 1.82) is 0 Å². The maximum Gasteiger partial charge on any atom is 0.416 e. The van der Waals surface area contributed by atoms with Gasteiger partial charge >= 0.3 is 6.18 Å². The number of rotatable bonds is 6. The maximum atomic E-state index is 12.7. The fraction of sp³-hybridized carbons (Fsp3) is 0.158. The molecule has 0 saturated heterocycles. The largest absolute Gasteiger partial charge is 0.416 e. The summed E-state index contributed by atoms with van der Waals surface area (Å²) in [6.07, 6.45) is -4.42. The minimum absolute atomic E-state index is 0.127. The lowest BCUT2D eigenvalue weighted by Gasteiger charge is -2.10. The average Bonchev–Trinajstić information content (AvgIpc) is 3.14. The number of nitrogens with one attached hydrogen (secondary N) is 2. The van der Waals surface area contributed by atoms with Crippen LogP contribution in [-0.2, 0) is 17.5 Å². The average molecular weight is 391 g/mol. The number of carbonyl (C=O) groups excluding carboxylic acids is 1. The highest BCUT2D eigenvalue weighted by Gasteiger charge is 2.30. The highest BCUT2D eigenvalue weighted by Crippen LogP contribution is 2.30. The third kappa shape index (κ3) is 5.30. The third-order valence-electron chi connectivity index (χ3n) is 3.70. The normalized spacial score (nSPS) is 11.2. The molecule has 0 aliphatic carbocycles. The highest BCUT2D eigenvalue weighted by molar-refractivity contribution is 7.09. The van der Waals surface area contributed by atoms with Gasteiger partial charge in [-0.05, 0) is 18.2 Å². The van der Waals surface area contributed by atoms with E-state index in [1.807, 2.05) is 35.7 Å². The topological polar surface area (TPSA) is 54.0 Å². The molecule has 2 N–H and O–H groups in total. The molecule has 0 spiro atoms. The molecule has 1 heterocycles. The molecule has 27 heavy (non-hydrogen) atoms. The Kier molecular flexibility index (Phi) is 5.75. The smallest absolute Gasteiger partial charge is 0.376 e. The molecule has 0 saturated carbocycles. The number of alkyl halides is 3. The van der Waals surface area contributed by atoms with E-state index in [0.29, 0.717) is 0 Å². The van der Waals surface area contributed by atoms with Gasteiger partial charge < -0.3 is 10.6 Å². The van der Waals surface area contributed by atoms with Crippen LogP contribution in [0.3, 0.4) is 0 Å². The number of thiazole rings is 1. The summed E-state index contributed by atoms with van der Waals surface area (Å²) in [7, 11) is 0. The summed E-state index contributed by atoms with van der Waals surface area (Å²) in [5, 5.41) is 8.06. The summed E-state index contributed by atoms with van der Waals surface area (Å²) in [5.41, 5.74) is 1.31. The van der Waals surface area contributed by atoms with Crippen LogP contribution in [0.5, 0.6) is 0 Å². The van der Waals surface area contributed by atoms with Crippen LogP contribution in [0.4, 0.5) is 18.9 Å². The van der Waals surface area contributed by atoms with Gasteiger partial charge in [0.1, 0.15) is 5.01 Å². The molecule has 140 valence electrons. The van der Waals surface area contributed by atoms with Gasteiger partial charge in [0.25, 0.3) is 0 Å². The van der Waals surface area contributed by atoms with Crippen LogP contribution in [0.15, 0.2) is 60.0 Å². The standard InChI is InChI=1S/C19H16F3N3OS/c20-19(21,22)14-7-4-8-15(9-14)23-10-17(26)24-11-18-25-16(12-27-18)13-5-2-1-3-6-13/h1-9,12,23H,10-11H2,(H,24,26). The van der Waals surface area contributed by atoms with Crippen LogP contribution < -0.4 is 10.6 Å². The fourth-order valence-electron chi connectivity index (χ4n) is 2.36. The van der Waals surface area contributed by atoms with Crippen LogP contribution in [0.2, 0.25) is 0 Å². The van der Waals surface area contributed by atoms with E-state index in [9.17, 15) is 18.0 Å². The van der Waals surface area contributed by atoms with Crippen LogP contribution in [0, 0.1) is 0 Å². The van der Waals surface area contributed by atoms with E-state index in [1.54, 1.807) is 0 Å². The molecule has 3 rings (SSSR count). The van der Waals surface area contributed by atoms with Crippen molar-refractivity contribution < 1.29 is 18.0 Å². The summed E-state index contributed by atoms with van der Waals surface area (Å²) >= 11 is 1.43. The Morgan fingerprint density at radius 2 is 1.85 bits per heavy atom. The van der Waals surface area contributed by atoms with E-state index in [-0.39, 0.29) is 24.7 Å². The van der Waals surface area contributed by atoms with Crippen molar-refractivity contribution in [3.63, 3.8) is 0 Å². The lowest BCUT2D eigenvalue weighted by Crippen LogP contribution is -2.29. The van der Waals surface area contributed by atoms with Crippen molar-refractivity contribution in [1.82, 2.24) is 10.3 Å². The molecule has 0 fully saturated rings. The first-order chi connectivity index (χ1) is 12.9. The molecule has 4 nitrogen and oxygen atoms in total. The van der Waals surface area contributed by atoms with E-state index < -0.39 is 11.7 Å². The molecule has 0 aliphatic heterocycles. The minimum atomic E-state index is -4.42. The predicted molar refractivity (Wildman–Crippen MR) is 99.3 cm³/mol. The Balaban J connectivity index is 1.50. The zero-order chi connectivity index (χ0) is 19.3. The van der Waals surface area contributed by atoms with Crippen molar-refractivity contribution in [3.05, 3.63) is 70.5 Å². The lowest BCUT2D eigenvalue weighted by molar-refractivity contribution is -0.137. The zero-order valence-electron chi connectivity index (χ0n) is 14.1. The monoisotopic (exact) mass is 391 g/mol. The van der Waals surface area contributed by atoms with Gasteiger partial charge in [0.2, 0.25) is 5.91 Å².